The number of benzene rings is 1. The summed E-state index contributed by atoms with van der Waals surface area (Å²) < 4.78 is 11.8. The van der Waals surface area contributed by atoms with Crippen molar-refractivity contribution in [2.45, 2.75) is 38.9 Å². The molecule has 120 valence electrons. The average molecular weight is 332 g/mol. The lowest BCUT2D eigenvalue weighted by Crippen LogP contribution is -2.49. The van der Waals surface area contributed by atoms with Crippen LogP contribution in [0.2, 0.25) is 5.02 Å². The molecular weight excluding hydrogens is 312 g/mol. The van der Waals surface area contributed by atoms with E-state index in [2.05, 4.69) is 4.98 Å². The third-order valence-electron chi connectivity index (χ3n) is 4.48. The van der Waals surface area contributed by atoms with Crippen molar-refractivity contribution in [2.75, 3.05) is 0 Å². The van der Waals surface area contributed by atoms with Gasteiger partial charge in [0.1, 0.15) is 5.58 Å². The highest BCUT2D eigenvalue weighted by atomic mass is 35.5. The summed E-state index contributed by atoms with van der Waals surface area (Å²) in [5, 5.41) is 12.8. The lowest BCUT2D eigenvalue weighted by atomic mass is 9.81. The Labute approximate surface area is 140 Å². The van der Waals surface area contributed by atoms with Gasteiger partial charge in [0.05, 0.1) is 17.4 Å². The van der Waals surface area contributed by atoms with Gasteiger partial charge in [-0.3, -0.25) is 4.98 Å². The molecule has 6 heteroatoms. The number of aliphatic hydroxyl groups is 1. The maximum absolute atomic E-state index is 10.2. The van der Waals surface area contributed by atoms with E-state index in [0.717, 1.165) is 21.8 Å². The summed E-state index contributed by atoms with van der Waals surface area (Å²) >= 11 is 6.03. The summed E-state index contributed by atoms with van der Waals surface area (Å²) in [4.78, 5) is 4.22. The van der Waals surface area contributed by atoms with E-state index in [1.54, 1.807) is 32.3 Å². The monoisotopic (exact) mass is 331 g/mol. The van der Waals surface area contributed by atoms with Crippen LogP contribution in [-0.4, -0.2) is 28.8 Å². The number of hydrogen-bond donors (Lipinski definition) is 1. The fourth-order valence-electron chi connectivity index (χ4n) is 2.32. The molecule has 0 aliphatic carbocycles. The van der Waals surface area contributed by atoms with Gasteiger partial charge in [-0.1, -0.05) is 11.6 Å². The number of hydrogen-bond acceptors (Lipinski definition) is 4. The van der Waals surface area contributed by atoms with E-state index in [1.165, 1.54) is 0 Å². The molecule has 0 aliphatic heterocycles. The van der Waals surface area contributed by atoms with Crippen LogP contribution in [0.25, 0.3) is 21.9 Å². The van der Waals surface area contributed by atoms with Gasteiger partial charge in [0.25, 0.3) is 0 Å². The zero-order chi connectivity index (χ0) is 16.8. The molecule has 3 aromatic rings. The minimum absolute atomic E-state index is 0.332. The number of pyridine rings is 1. The molecule has 2 aromatic heterocycles. The molecule has 0 atom stereocenters. The maximum atomic E-state index is 10.2. The molecule has 0 bridgehead atoms. The molecule has 3 rings (SSSR count). The van der Waals surface area contributed by atoms with Gasteiger partial charge in [-0.2, -0.15) is 0 Å². The molecule has 0 unspecified atom stereocenters. The molecule has 0 saturated carbocycles. The van der Waals surface area contributed by atoms with E-state index < -0.39 is 11.2 Å². The van der Waals surface area contributed by atoms with Gasteiger partial charge in [0, 0.05) is 28.1 Å². The number of furan rings is 1. The summed E-state index contributed by atoms with van der Waals surface area (Å²) in [6, 6.07) is 5.57. The van der Waals surface area contributed by atoms with E-state index in [1.807, 2.05) is 26.0 Å². The Morgan fingerprint density at radius 3 is 2.61 bits per heavy atom. The third kappa shape index (κ3) is 2.96. The molecule has 0 radical (unpaired) electrons. The van der Waals surface area contributed by atoms with Crippen molar-refractivity contribution in [1.29, 1.82) is 0 Å². The Balaban J connectivity index is 2.03. The van der Waals surface area contributed by atoms with Gasteiger partial charge in [-0.05, 0) is 45.3 Å². The van der Waals surface area contributed by atoms with Gasteiger partial charge >= 0.3 is 7.48 Å². The largest absolute Gasteiger partial charge is 0.454 e. The fraction of sp³-hybridized carbons (Fsp3) is 0.353. The molecule has 1 N–H and O–H groups in total. The van der Waals surface area contributed by atoms with Crippen LogP contribution in [0.1, 0.15) is 27.7 Å². The third-order valence-corrected chi connectivity index (χ3v) is 4.72. The van der Waals surface area contributed by atoms with Crippen molar-refractivity contribution >= 4 is 46.5 Å². The summed E-state index contributed by atoms with van der Waals surface area (Å²) in [5.74, 6) is 0. The highest BCUT2D eigenvalue weighted by Gasteiger charge is 2.35. The van der Waals surface area contributed by atoms with Gasteiger partial charge in [-0.25, -0.2) is 0 Å². The van der Waals surface area contributed by atoms with Crippen LogP contribution in [0.4, 0.5) is 0 Å². The second-order valence-electron chi connectivity index (χ2n) is 6.77. The normalized spacial score (nSPS) is 13.0. The van der Waals surface area contributed by atoms with E-state index in [9.17, 15) is 5.11 Å². The number of halogens is 1. The zero-order valence-electron chi connectivity index (χ0n) is 13.7. The molecule has 0 spiro atoms. The van der Waals surface area contributed by atoms with E-state index in [-0.39, 0.29) is 0 Å². The number of nitrogens with zero attached hydrogens (tertiary/aromatic N) is 1. The SMILES string of the molecule is CC(C)(O)C(C)(C)OBc1cncc2oc3cc(Cl)ccc3c12. The van der Waals surface area contributed by atoms with E-state index >= 15 is 0 Å². The Kier molecular flexibility index (Phi) is 3.91. The predicted molar refractivity (Wildman–Crippen MR) is 94.8 cm³/mol. The number of rotatable bonds is 4. The number of aromatic nitrogens is 1. The van der Waals surface area contributed by atoms with Gasteiger partial charge in [-0.15, -0.1) is 0 Å². The lowest BCUT2D eigenvalue weighted by molar-refractivity contribution is -0.0893. The first kappa shape index (κ1) is 16.3. The van der Waals surface area contributed by atoms with E-state index in [4.69, 9.17) is 20.7 Å². The Morgan fingerprint density at radius 2 is 1.91 bits per heavy atom. The fourth-order valence-corrected chi connectivity index (χ4v) is 2.48. The maximum Gasteiger partial charge on any atom is 0.311 e. The number of fused-ring (bicyclic) bond motifs is 3. The van der Waals surface area contributed by atoms with Crippen LogP contribution in [0, 0.1) is 0 Å². The summed E-state index contributed by atoms with van der Waals surface area (Å²) in [5.41, 5.74) is 0.687. The van der Waals surface area contributed by atoms with Crippen LogP contribution >= 0.6 is 11.6 Å². The highest BCUT2D eigenvalue weighted by Crippen LogP contribution is 2.29. The topological polar surface area (TPSA) is 55.5 Å². The van der Waals surface area contributed by atoms with Crippen molar-refractivity contribution in [1.82, 2.24) is 4.98 Å². The van der Waals surface area contributed by atoms with Crippen LogP contribution in [-0.2, 0) is 4.65 Å². The summed E-state index contributed by atoms with van der Waals surface area (Å²) in [6.45, 7) is 7.21. The van der Waals surface area contributed by atoms with Gasteiger partial charge in [0.15, 0.2) is 5.58 Å². The summed E-state index contributed by atoms with van der Waals surface area (Å²) in [6.07, 6.45) is 3.46. The van der Waals surface area contributed by atoms with Gasteiger partial charge < -0.3 is 14.2 Å². The first-order valence-corrected chi connectivity index (χ1v) is 7.88. The minimum atomic E-state index is -0.958. The quantitative estimate of drug-likeness (QED) is 0.746. The molecule has 0 fully saturated rings. The minimum Gasteiger partial charge on any atom is -0.454 e. The van der Waals surface area contributed by atoms with Crippen LogP contribution < -0.4 is 5.46 Å². The first-order chi connectivity index (χ1) is 10.7. The predicted octanol–water partition coefficient (Wildman–Crippen LogP) is 3.18. The van der Waals surface area contributed by atoms with Crippen LogP contribution in [0.5, 0.6) is 0 Å². The second kappa shape index (κ2) is 5.51. The average Bonchev–Trinajstić information content (AvgIpc) is 2.81. The van der Waals surface area contributed by atoms with Gasteiger partial charge in [0.2, 0.25) is 0 Å². The smallest absolute Gasteiger partial charge is 0.311 e. The van der Waals surface area contributed by atoms with E-state index in [0.29, 0.717) is 18.1 Å². The standard InChI is InChI=1S/C17H19BClNO3/c1-16(2,21)17(3,4)23-18-12-8-20-9-14-15(12)11-6-5-10(19)7-13(11)22-14/h5-9,18,21H,1-4H3. The van der Waals surface area contributed by atoms with Crippen LogP contribution in [0.3, 0.4) is 0 Å². The Morgan fingerprint density at radius 1 is 1.17 bits per heavy atom. The first-order valence-electron chi connectivity index (χ1n) is 7.50. The Bertz CT molecular complexity index is 867. The van der Waals surface area contributed by atoms with Crippen molar-refractivity contribution in [3.05, 3.63) is 35.6 Å². The zero-order valence-corrected chi connectivity index (χ0v) is 14.4. The molecule has 4 nitrogen and oxygen atoms in total. The Hall–Kier alpha value is -1.56. The van der Waals surface area contributed by atoms with Crippen LogP contribution in [0.15, 0.2) is 35.0 Å². The molecule has 0 saturated heterocycles. The molecule has 0 aliphatic rings. The molecule has 2 heterocycles. The van der Waals surface area contributed by atoms with Crippen molar-refractivity contribution in [2.24, 2.45) is 0 Å². The highest BCUT2D eigenvalue weighted by molar-refractivity contribution is 6.52. The lowest BCUT2D eigenvalue weighted by Gasteiger charge is -2.37. The molecular formula is C17H19BClNO3. The molecule has 23 heavy (non-hydrogen) atoms. The molecule has 0 amide bonds. The summed E-state index contributed by atoms with van der Waals surface area (Å²) in [7, 11) is 0.332. The van der Waals surface area contributed by atoms with Crippen molar-refractivity contribution < 1.29 is 14.2 Å². The molecule has 1 aromatic carbocycles. The van der Waals surface area contributed by atoms with Crippen molar-refractivity contribution in [3.63, 3.8) is 0 Å². The van der Waals surface area contributed by atoms with Crippen molar-refractivity contribution in [3.8, 4) is 0 Å². The second-order valence-corrected chi connectivity index (χ2v) is 7.21.